The largest absolute Gasteiger partial charge is 0.460 e. The van der Waals surface area contributed by atoms with Crippen molar-refractivity contribution < 1.29 is 8.83 Å². The Hall–Kier alpha value is -4.44. The van der Waals surface area contributed by atoms with Crippen molar-refractivity contribution in [2.75, 3.05) is 0 Å². The molecule has 6 rings (SSSR count). The van der Waals surface area contributed by atoms with Gasteiger partial charge in [0.1, 0.15) is 34.1 Å². The molecule has 0 saturated heterocycles. The average molecular weight is 541 g/mol. The molecular weight excluding hydrogens is 504 g/mol. The van der Waals surface area contributed by atoms with Crippen molar-refractivity contribution in [1.82, 2.24) is 9.97 Å². The van der Waals surface area contributed by atoms with Gasteiger partial charge < -0.3 is 8.83 Å². The van der Waals surface area contributed by atoms with Crippen LogP contribution in [0.3, 0.4) is 0 Å². The molecule has 0 fully saturated rings. The molecule has 0 amide bonds. The number of benzene rings is 3. The minimum Gasteiger partial charge on any atom is -0.460 e. The number of furan rings is 2. The van der Waals surface area contributed by atoms with Crippen LogP contribution in [-0.4, -0.2) is 9.97 Å². The Labute approximate surface area is 242 Å². The van der Waals surface area contributed by atoms with Gasteiger partial charge in [-0.05, 0) is 42.8 Å². The Morgan fingerprint density at radius 2 is 0.976 bits per heavy atom. The lowest BCUT2D eigenvalue weighted by Crippen LogP contribution is -2.13. The molecule has 0 saturated carbocycles. The number of hydrogen-bond acceptors (Lipinski definition) is 4. The van der Waals surface area contributed by atoms with Gasteiger partial charge in [0.15, 0.2) is 0 Å². The fraction of sp³-hybridized carbons (Fsp3) is 0.243. The molecule has 0 spiro atoms. The third kappa shape index (κ3) is 4.99. The molecule has 4 nitrogen and oxygen atoms in total. The SMILES string of the molecule is CCC(C)(C)c1ccc(-c2ccc(-c3ccc(C(C)(C)C)o3)c3nc(-c4ccccc4)c(-c4ccccc4)nc23)o1. The standard InChI is InChI=1S/C37H36N2O2/c1-7-37(5,6)31-23-21-29(41-31)27-19-18-26(28-20-22-30(40-28)36(2,3)4)34-35(27)39-33(25-16-12-9-13-17-25)32(38-34)24-14-10-8-11-15-24/h8-23H,7H2,1-6H3. The van der Waals surface area contributed by atoms with Crippen molar-refractivity contribution >= 4 is 11.0 Å². The van der Waals surface area contributed by atoms with Gasteiger partial charge in [-0.1, -0.05) is 102 Å². The maximum atomic E-state index is 6.50. The molecule has 0 radical (unpaired) electrons. The first-order valence-corrected chi connectivity index (χ1v) is 14.3. The lowest BCUT2D eigenvalue weighted by Gasteiger charge is -2.19. The lowest BCUT2D eigenvalue weighted by molar-refractivity contribution is 0.381. The summed E-state index contributed by atoms with van der Waals surface area (Å²) in [5.74, 6) is 3.46. The predicted molar refractivity (Wildman–Crippen MR) is 168 cm³/mol. The van der Waals surface area contributed by atoms with Crippen LogP contribution in [0.5, 0.6) is 0 Å². The van der Waals surface area contributed by atoms with E-state index in [4.69, 9.17) is 18.8 Å². The summed E-state index contributed by atoms with van der Waals surface area (Å²) in [6.45, 7) is 13.1. The maximum absolute atomic E-state index is 6.50. The Bertz CT molecular complexity index is 1820. The summed E-state index contributed by atoms with van der Waals surface area (Å²) in [6, 6.07) is 33.0. The van der Waals surface area contributed by atoms with E-state index in [1.807, 2.05) is 42.5 Å². The van der Waals surface area contributed by atoms with Gasteiger partial charge in [-0.15, -0.1) is 0 Å². The van der Waals surface area contributed by atoms with E-state index in [1.54, 1.807) is 0 Å². The number of hydrogen-bond donors (Lipinski definition) is 0. The van der Waals surface area contributed by atoms with Gasteiger partial charge in [-0.25, -0.2) is 9.97 Å². The molecule has 0 aliphatic heterocycles. The Morgan fingerprint density at radius 1 is 0.537 bits per heavy atom. The Kier molecular flexibility index (Phi) is 6.65. The monoisotopic (exact) mass is 540 g/mol. The molecule has 0 aliphatic rings. The summed E-state index contributed by atoms with van der Waals surface area (Å²) < 4.78 is 12.9. The van der Waals surface area contributed by atoms with Crippen LogP contribution in [0.4, 0.5) is 0 Å². The minimum atomic E-state index is -0.105. The fourth-order valence-corrected chi connectivity index (χ4v) is 5.03. The zero-order valence-corrected chi connectivity index (χ0v) is 24.7. The molecule has 3 aromatic heterocycles. The maximum Gasteiger partial charge on any atom is 0.136 e. The Balaban J connectivity index is 1.67. The zero-order valence-electron chi connectivity index (χ0n) is 24.7. The molecule has 6 aromatic rings. The minimum absolute atomic E-state index is 0.0626. The van der Waals surface area contributed by atoms with Crippen LogP contribution < -0.4 is 0 Å². The molecule has 0 bridgehead atoms. The van der Waals surface area contributed by atoms with Crippen molar-refractivity contribution in [2.45, 2.75) is 58.8 Å². The molecule has 0 atom stereocenters. The van der Waals surface area contributed by atoms with Crippen molar-refractivity contribution in [3.8, 4) is 45.2 Å². The third-order valence-electron chi connectivity index (χ3n) is 7.95. The van der Waals surface area contributed by atoms with E-state index in [2.05, 4.69) is 96.1 Å². The quantitative estimate of drug-likeness (QED) is 0.211. The molecule has 206 valence electrons. The number of rotatable bonds is 6. The molecule has 0 unspecified atom stereocenters. The van der Waals surface area contributed by atoms with Crippen molar-refractivity contribution in [1.29, 1.82) is 0 Å². The highest BCUT2D eigenvalue weighted by molar-refractivity contribution is 6.01. The third-order valence-corrected chi connectivity index (χ3v) is 7.95. The average Bonchev–Trinajstić information content (AvgIpc) is 3.68. The Morgan fingerprint density at radius 3 is 1.39 bits per heavy atom. The second-order valence-electron chi connectivity index (χ2n) is 12.3. The van der Waals surface area contributed by atoms with E-state index < -0.39 is 0 Å². The first-order valence-electron chi connectivity index (χ1n) is 14.3. The number of nitrogens with zero attached hydrogens (tertiary/aromatic N) is 2. The summed E-state index contributed by atoms with van der Waals surface area (Å²) in [7, 11) is 0. The van der Waals surface area contributed by atoms with E-state index in [0.717, 1.165) is 74.1 Å². The highest BCUT2D eigenvalue weighted by atomic mass is 16.3. The molecule has 0 aliphatic carbocycles. The highest BCUT2D eigenvalue weighted by Crippen LogP contribution is 2.41. The summed E-state index contributed by atoms with van der Waals surface area (Å²) >= 11 is 0. The van der Waals surface area contributed by atoms with Crippen molar-refractivity contribution in [3.05, 3.63) is 109 Å². The lowest BCUT2D eigenvalue weighted by atomic mass is 9.88. The first kappa shape index (κ1) is 26.8. The van der Waals surface area contributed by atoms with E-state index >= 15 is 0 Å². The van der Waals surface area contributed by atoms with Crippen LogP contribution >= 0.6 is 0 Å². The molecule has 0 N–H and O–H groups in total. The van der Waals surface area contributed by atoms with Crippen LogP contribution in [-0.2, 0) is 10.8 Å². The second-order valence-corrected chi connectivity index (χ2v) is 12.3. The number of aromatic nitrogens is 2. The highest BCUT2D eigenvalue weighted by Gasteiger charge is 2.26. The molecule has 41 heavy (non-hydrogen) atoms. The van der Waals surface area contributed by atoms with E-state index in [0.29, 0.717) is 0 Å². The zero-order chi connectivity index (χ0) is 28.8. The van der Waals surface area contributed by atoms with E-state index in [-0.39, 0.29) is 10.8 Å². The van der Waals surface area contributed by atoms with Gasteiger partial charge in [-0.2, -0.15) is 0 Å². The summed E-state index contributed by atoms with van der Waals surface area (Å²) in [5, 5.41) is 0. The van der Waals surface area contributed by atoms with Gasteiger partial charge in [0.2, 0.25) is 0 Å². The molecule has 4 heteroatoms. The van der Waals surface area contributed by atoms with Gasteiger partial charge in [-0.3, -0.25) is 0 Å². The van der Waals surface area contributed by atoms with Crippen LogP contribution in [0.1, 0.15) is 59.5 Å². The van der Waals surface area contributed by atoms with E-state index in [1.165, 1.54) is 0 Å². The number of fused-ring (bicyclic) bond motifs is 1. The first-order chi connectivity index (χ1) is 19.7. The molecular formula is C37H36N2O2. The smallest absolute Gasteiger partial charge is 0.136 e. The summed E-state index contributed by atoms with van der Waals surface area (Å²) in [5.41, 5.74) is 6.90. The molecule has 3 heterocycles. The van der Waals surface area contributed by atoms with Crippen molar-refractivity contribution in [2.24, 2.45) is 0 Å². The van der Waals surface area contributed by atoms with Crippen molar-refractivity contribution in [3.63, 3.8) is 0 Å². The second kappa shape index (κ2) is 10.2. The van der Waals surface area contributed by atoms with Gasteiger partial charge in [0.05, 0.1) is 11.4 Å². The summed E-state index contributed by atoms with van der Waals surface area (Å²) in [6.07, 6.45) is 0.979. The normalized spacial score (nSPS) is 12.2. The van der Waals surface area contributed by atoms with Gasteiger partial charge in [0.25, 0.3) is 0 Å². The van der Waals surface area contributed by atoms with Crippen LogP contribution in [0, 0.1) is 0 Å². The summed E-state index contributed by atoms with van der Waals surface area (Å²) in [4.78, 5) is 10.7. The van der Waals surface area contributed by atoms with Gasteiger partial charge >= 0.3 is 0 Å². The van der Waals surface area contributed by atoms with E-state index in [9.17, 15) is 0 Å². The molecule has 3 aromatic carbocycles. The van der Waals surface area contributed by atoms with Crippen LogP contribution in [0.25, 0.3) is 56.2 Å². The predicted octanol–water partition coefficient (Wildman–Crippen LogP) is 10.5. The topological polar surface area (TPSA) is 52.1 Å². The van der Waals surface area contributed by atoms with Crippen LogP contribution in [0.2, 0.25) is 0 Å². The van der Waals surface area contributed by atoms with Gasteiger partial charge in [0, 0.05) is 33.1 Å². The fourth-order valence-electron chi connectivity index (χ4n) is 5.03. The van der Waals surface area contributed by atoms with Crippen LogP contribution in [0.15, 0.2) is 106 Å².